The summed E-state index contributed by atoms with van der Waals surface area (Å²) in [5.41, 5.74) is 1.18. The van der Waals surface area contributed by atoms with Gasteiger partial charge in [0.2, 0.25) is 5.95 Å². The summed E-state index contributed by atoms with van der Waals surface area (Å²) in [6.07, 6.45) is 4.34. The van der Waals surface area contributed by atoms with Crippen LogP contribution < -0.4 is 15.8 Å². The van der Waals surface area contributed by atoms with E-state index in [0.29, 0.717) is 29.0 Å². The maximum Gasteiger partial charge on any atom is 0.414 e. The fourth-order valence-electron chi connectivity index (χ4n) is 4.94. The van der Waals surface area contributed by atoms with Gasteiger partial charge in [0, 0.05) is 30.7 Å². The Kier molecular flexibility index (Phi) is 7.08. The number of aromatic nitrogens is 5. The minimum absolute atomic E-state index is 0.206. The number of rotatable bonds is 5. The molecule has 0 unspecified atom stereocenters. The molecule has 0 aliphatic carbocycles. The Morgan fingerprint density at radius 3 is 2.54 bits per heavy atom. The quantitative estimate of drug-likeness (QED) is 0.309. The van der Waals surface area contributed by atoms with Gasteiger partial charge < -0.3 is 10.1 Å². The van der Waals surface area contributed by atoms with E-state index in [0.717, 1.165) is 24.1 Å². The molecule has 0 atom stereocenters. The Bertz CT molecular complexity index is 1680. The molecule has 0 bridgehead atoms. The lowest BCUT2D eigenvalue weighted by molar-refractivity contribution is 0.0578. The molecule has 4 aromatic rings. The standard InChI is InChI=1S/C30H36FN7O3/c1-18(2)37-26(39)22-17-33-27(35-25(22)38(37)21-12-13-32-24(16-21)30(6,7)31)34-20-11-10-19-9-8-14-36(23(19)15-20)28(40)41-29(3,4)5/h10-13,15-18H,8-9,14H2,1-7H3,(H,33,34,35). The summed E-state index contributed by atoms with van der Waals surface area (Å²) in [7, 11) is 0. The van der Waals surface area contributed by atoms with Gasteiger partial charge in [-0.25, -0.2) is 23.5 Å². The highest BCUT2D eigenvalue weighted by atomic mass is 19.1. The molecule has 4 heterocycles. The fourth-order valence-corrected chi connectivity index (χ4v) is 4.94. The Morgan fingerprint density at radius 1 is 1.10 bits per heavy atom. The fraction of sp³-hybridized carbons (Fsp3) is 0.433. The Balaban J connectivity index is 1.56. The maximum atomic E-state index is 14.8. The van der Waals surface area contributed by atoms with E-state index in [1.54, 1.807) is 26.4 Å². The third kappa shape index (κ3) is 5.66. The SMILES string of the molecule is CC(C)n1c(=O)c2cnc(Nc3ccc4c(c3)N(C(=O)OC(C)(C)C)CCC4)nc2n1-c1ccnc(C(C)(C)F)c1. The number of ether oxygens (including phenoxy) is 1. The van der Waals surface area contributed by atoms with E-state index in [2.05, 4.69) is 15.3 Å². The van der Waals surface area contributed by atoms with Crippen LogP contribution in [0.25, 0.3) is 16.7 Å². The number of hydrogen-bond acceptors (Lipinski definition) is 7. The maximum absolute atomic E-state index is 14.8. The van der Waals surface area contributed by atoms with Crippen molar-refractivity contribution in [3.63, 3.8) is 0 Å². The van der Waals surface area contributed by atoms with Crippen molar-refractivity contribution >= 4 is 34.4 Å². The summed E-state index contributed by atoms with van der Waals surface area (Å²) >= 11 is 0. The summed E-state index contributed by atoms with van der Waals surface area (Å²) in [6.45, 7) is 12.8. The predicted octanol–water partition coefficient (Wildman–Crippen LogP) is 6.19. The number of alkyl halides is 1. The van der Waals surface area contributed by atoms with Crippen LogP contribution in [0.1, 0.15) is 72.2 Å². The van der Waals surface area contributed by atoms with Gasteiger partial charge in [0.05, 0.1) is 17.1 Å². The van der Waals surface area contributed by atoms with Crippen LogP contribution in [0, 0.1) is 0 Å². The number of amides is 1. The van der Waals surface area contributed by atoms with Crippen LogP contribution >= 0.6 is 0 Å². The number of carbonyl (C=O) groups is 1. The average Bonchev–Trinajstić information content (AvgIpc) is 3.18. The van der Waals surface area contributed by atoms with Gasteiger partial charge in [-0.2, -0.15) is 4.98 Å². The topological polar surface area (TPSA) is 107 Å². The molecule has 1 amide bonds. The Morgan fingerprint density at radius 2 is 1.85 bits per heavy atom. The molecule has 3 aromatic heterocycles. The zero-order valence-electron chi connectivity index (χ0n) is 24.5. The Hall–Kier alpha value is -4.28. The van der Waals surface area contributed by atoms with Crippen LogP contribution in [0.5, 0.6) is 0 Å². The summed E-state index contributed by atoms with van der Waals surface area (Å²) in [5, 5.41) is 3.56. The molecule has 1 aliphatic rings. The predicted molar refractivity (Wildman–Crippen MR) is 157 cm³/mol. The third-order valence-corrected chi connectivity index (χ3v) is 6.78. The first-order chi connectivity index (χ1) is 19.2. The van der Waals surface area contributed by atoms with Crippen molar-refractivity contribution in [1.29, 1.82) is 0 Å². The number of pyridine rings is 1. The highest BCUT2D eigenvalue weighted by Gasteiger charge is 2.28. The number of carbonyl (C=O) groups excluding carboxylic acids is 1. The van der Waals surface area contributed by atoms with Crippen LogP contribution in [0.4, 0.5) is 26.5 Å². The van der Waals surface area contributed by atoms with E-state index < -0.39 is 11.3 Å². The molecule has 0 saturated heterocycles. The first kappa shape index (κ1) is 28.3. The molecule has 1 aromatic carbocycles. The summed E-state index contributed by atoms with van der Waals surface area (Å²) < 4.78 is 23.7. The van der Waals surface area contributed by atoms with Gasteiger partial charge in [-0.05, 0) is 91.1 Å². The average molecular weight is 562 g/mol. The molecule has 11 heteroatoms. The highest BCUT2D eigenvalue weighted by molar-refractivity contribution is 5.90. The van der Waals surface area contributed by atoms with Gasteiger partial charge in [0.1, 0.15) is 16.7 Å². The smallest absolute Gasteiger partial charge is 0.414 e. The lowest BCUT2D eigenvalue weighted by atomic mass is 10.0. The van der Waals surface area contributed by atoms with E-state index >= 15 is 0 Å². The molecular formula is C30H36FN7O3. The zero-order chi connectivity index (χ0) is 29.7. The summed E-state index contributed by atoms with van der Waals surface area (Å²) in [6, 6.07) is 8.92. The van der Waals surface area contributed by atoms with Crippen LogP contribution in [0.3, 0.4) is 0 Å². The van der Waals surface area contributed by atoms with E-state index in [4.69, 9.17) is 9.72 Å². The van der Waals surface area contributed by atoms with Crippen molar-refractivity contribution in [2.24, 2.45) is 0 Å². The number of hydrogen-bond donors (Lipinski definition) is 1. The minimum Gasteiger partial charge on any atom is -0.443 e. The molecule has 0 spiro atoms. The molecule has 0 radical (unpaired) electrons. The molecule has 5 rings (SSSR count). The lowest BCUT2D eigenvalue weighted by Crippen LogP contribution is -2.39. The van der Waals surface area contributed by atoms with Crippen LogP contribution in [-0.2, 0) is 16.8 Å². The first-order valence-corrected chi connectivity index (χ1v) is 13.8. The number of nitrogens with zero attached hydrogens (tertiary/aromatic N) is 6. The van der Waals surface area contributed by atoms with E-state index in [-0.39, 0.29) is 29.3 Å². The largest absolute Gasteiger partial charge is 0.443 e. The third-order valence-electron chi connectivity index (χ3n) is 6.78. The first-order valence-electron chi connectivity index (χ1n) is 13.8. The molecular weight excluding hydrogens is 525 g/mol. The van der Waals surface area contributed by atoms with Crippen molar-refractivity contribution in [2.75, 3.05) is 16.8 Å². The van der Waals surface area contributed by atoms with Crippen LogP contribution in [0.15, 0.2) is 47.5 Å². The Labute approximate surface area is 238 Å². The normalized spacial score (nSPS) is 13.9. The van der Waals surface area contributed by atoms with Crippen molar-refractivity contribution in [2.45, 2.75) is 78.6 Å². The molecule has 1 N–H and O–H groups in total. The minimum atomic E-state index is -1.66. The second kappa shape index (κ2) is 10.3. The van der Waals surface area contributed by atoms with Gasteiger partial charge >= 0.3 is 6.09 Å². The number of nitrogens with one attached hydrogen (secondary N) is 1. The van der Waals surface area contributed by atoms with Crippen molar-refractivity contribution in [1.82, 2.24) is 24.3 Å². The van der Waals surface area contributed by atoms with Crippen LogP contribution in [-0.4, -0.2) is 42.6 Å². The highest BCUT2D eigenvalue weighted by Crippen LogP contribution is 2.32. The number of benzene rings is 1. The van der Waals surface area contributed by atoms with E-state index in [1.165, 1.54) is 26.2 Å². The molecule has 0 saturated carbocycles. The lowest BCUT2D eigenvalue weighted by Gasteiger charge is -2.32. The zero-order valence-corrected chi connectivity index (χ0v) is 24.5. The second-order valence-electron chi connectivity index (χ2n) is 12.1. The van der Waals surface area contributed by atoms with Gasteiger partial charge in [-0.1, -0.05) is 6.07 Å². The van der Waals surface area contributed by atoms with Crippen molar-refractivity contribution in [3.05, 3.63) is 64.3 Å². The van der Waals surface area contributed by atoms with Gasteiger partial charge in [0.25, 0.3) is 5.56 Å². The van der Waals surface area contributed by atoms with Gasteiger partial charge in [0.15, 0.2) is 5.65 Å². The number of anilines is 3. The summed E-state index contributed by atoms with van der Waals surface area (Å²) in [4.78, 5) is 41.3. The van der Waals surface area contributed by atoms with Gasteiger partial charge in [-0.3, -0.25) is 14.7 Å². The summed E-state index contributed by atoms with van der Waals surface area (Å²) in [5.74, 6) is 0.270. The second-order valence-corrected chi connectivity index (χ2v) is 12.1. The van der Waals surface area contributed by atoms with Crippen LogP contribution in [0.2, 0.25) is 0 Å². The monoisotopic (exact) mass is 561 g/mol. The number of aryl methyl sites for hydroxylation is 1. The van der Waals surface area contributed by atoms with E-state index in [9.17, 15) is 14.0 Å². The van der Waals surface area contributed by atoms with Crippen molar-refractivity contribution < 1.29 is 13.9 Å². The van der Waals surface area contributed by atoms with Crippen molar-refractivity contribution in [3.8, 4) is 5.69 Å². The van der Waals surface area contributed by atoms with E-state index in [1.807, 2.05) is 52.8 Å². The molecule has 41 heavy (non-hydrogen) atoms. The molecule has 1 aliphatic heterocycles. The molecule has 0 fully saturated rings. The number of halogens is 1. The number of fused-ring (bicyclic) bond motifs is 2. The van der Waals surface area contributed by atoms with Gasteiger partial charge in [-0.15, -0.1) is 0 Å². The molecule has 216 valence electrons. The molecule has 10 nitrogen and oxygen atoms in total.